The zero-order chi connectivity index (χ0) is 29.1. The maximum Gasteiger partial charge on any atom is 0.252 e. The van der Waals surface area contributed by atoms with Gasteiger partial charge < -0.3 is 34.4 Å². The number of pyridine rings is 1. The lowest BCUT2D eigenvalue weighted by Crippen LogP contribution is -2.39. The number of carbonyl (C=O) groups is 1. The Morgan fingerprint density at radius 3 is 2.37 bits per heavy atom. The van der Waals surface area contributed by atoms with E-state index in [1.54, 1.807) is 55.8 Å². The first-order valence-corrected chi connectivity index (χ1v) is 12.9. The van der Waals surface area contributed by atoms with Gasteiger partial charge in [0.1, 0.15) is 11.6 Å². The number of aromatic nitrogens is 2. The second kappa shape index (κ2) is 11.7. The lowest BCUT2D eigenvalue weighted by atomic mass is 10.0. The molecule has 1 atom stereocenters. The fraction of sp³-hybridized carbons (Fsp3) is 0.226. The molecule has 5 aromatic rings. The van der Waals surface area contributed by atoms with E-state index < -0.39 is 11.9 Å². The number of aromatic amines is 1. The molecule has 0 saturated heterocycles. The van der Waals surface area contributed by atoms with Crippen LogP contribution in [0.5, 0.6) is 23.0 Å². The van der Waals surface area contributed by atoms with Gasteiger partial charge in [0.15, 0.2) is 11.5 Å². The van der Waals surface area contributed by atoms with Crippen LogP contribution in [0.1, 0.15) is 15.9 Å². The van der Waals surface area contributed by atoms with Crippen molar-refractivity contribution in [3.05, 3.63) is 77.7 Å². The average Bonchev–Trinajstić information content (AvgIpc) is 3.40. The Hall–Kier alpha value is -4.83. The highest BCUT2D eigenvalue weighted by molar-refractivity contribution is 6.07. The molecule has 41 heavy (non-hydrogen) atoms. The highest BCUT2D eigenvalue weighted by Crippen LogP contribution is 2.41. The SMILES string of the molecule is COc1ccc2nc(-c3cc(OC)c(OC)c(OC)c3)cc(C(=O)NC(CO)Cc3c[nH]c4ccc(F)cc34)c2c1. The minimum Gasteiger partial charge on any atom is -0.497 e. The predicted molar refractivity (Wildman–Crippen MR) is 154 cm³/mol. The molecule has 212 valence electrons. The van der Waals surface area contributed by atoms with Crippen LogP contribution < -0.4 is 24.3 Å². The predicted octanol–water partition coefficient (Wildman–Crippen LogP) is 4.89. The third-order valence-corrected chi connectivity index (χ3v) is 6.97. The van der Waals surface area contributed by atoms with Crippen LogP contribution >= 0.6 is 0 Å². The molecular weight excluding hydrogens is 529 g/mol. The van der Waals surface area contributed by atoms with E-state index in [4.69, 9.17) is 23.9 Å². The summed E-state index contributed by atoms with van der Waals surface area (Å²) < 4.78 is 35.8. The number of ether oxygens (including phenoxy) is 4. The number of hydrogen-bond donors (Lipinski definition) is 3. The van der Waals surface area contributed by atoms with Gasteiger partial charge in [-0.05, 0) is 66.6 Å². The molecule has 0 fully saturated rings. The molecular formula is C31H30FN3O6. The van der Waals surface area contributed by atoms with Gasteiger partial charge in [0.25, 0.3) is 5.91 Å². The Bertz CT molecular complexity index is 1710. The fourth-order valence-electron chi connectivity index (χ4n) is 4.91. The van der Waals surface area contributed by atoms with Crippen molar-refractivity contribution >= 4 is 27.7 Å². The smallest absolute Gasteiger partial charge is 0.252 e. The van der Waals surface area contributed by atoms with Crippen LogP contribution in [0.15, 0.2) is 60.8 Å². The molecule has 0 spiro atoms. The van der Waals surface area contributed by atoms with Crippen molar-refractivity contribution in [2.24, 2.45) is 0 Å². The van der Waals surface area contributed by atoms with Gasteiger partial charge in [0.2, 0.25) is 5.75 Å². The normalized spacial score (nSPS) is 11.9. The van der Waals surface area contributed by atoms with E-state index in [9.17, 15) is 14.3 Å². The molecule has 0 saturated carbocycles. The molecule has 1 unspecified atom stereocenters. The number of benzene rings is 3. The minimum atomic E-state index is -0.636. The number of fused-ring (bicyclic) bond motifs is 2. The van der Waals surface area contributed by atoms with Gasteiger partial charge in [-0.1, -0.05) is 0 Å². The van der Waals surface area contributed by atoms with Gasteiger partial charge in [0, 0.05) is 28.0 Å². The van der Waals surface area contributed by atoms with Crippen LogP contribution in [0.2, 0.25) is 0 Å². The second-order valence-corrected chi connectivity index (χ2v) is 9.41. The first-order valence-electron chi connectivity index (χ1n) is 12.9. The van der Waals surface area contributed by atoms with Crippen LogP contribution in [-0.2, 0) is 6.42 Å². The fourth-order valence-corrected chi connectivity index (χ4v) is 4.91. The zero-order valence-electron chi connectivity index (χ0n) is 23.1. The molecule has 0 radical (unpaired) electrons. The molecule has 3 aromatic carbocycles. The van der Waals surface area contributed by atoms with E-state index in [-0.39, 0.29) is 18.8 Å². The van der Waals surface area contributed by atoms with Crippen LogP contribution in [-0.4, -0.2) is 62.1 Å². The average molecular weight is 560 g/mol. The van der Waals surface area contributed by atoms with Crippen molar-refractivity contribution in [1.82, 2.24) is 15.3 Å². The first-order chi connectivity index (χ1) is 19.9. The number of aliphatic hydroxyl groups excluding tert-OH is 1. The molecule has 0 aliphatic rings. The summed E-state index contributed by atoms with van der Waals surface area (Å²) in [5.41, 5.74) is 3.59. The Morgan fingerprint density at radius 2 is 1.71 bits per heavy atom. The van der Waals surface area contributed by atoms with Gasteiger partial charge in [-0.2, -0.15) is 0 Å². The number of halogens is 1. The quantitative estimate of drug-likeness (QED) is 0.223. The largest absolute Gasteiger partial charge is 0.497 e. The monoisotopic (exact) mass is 559 g/mol. The van der Waals surface area contributed by atoms with Crippen LogP contribution in [0.3, 0.4) is 0 Å². The first kappa shape index (κ1) is 27.7. The number of hydrogen-bond acceptors (Lipinski definition) is 7. The summed E-state index contributed by atoms with van der Waals surface area (Å²) in [4.78, 5) is 21.7. The summed E-state index contributed by atoms with van der Waals surface area (Å²) in [6.45, 7) is -0.320. The van der Waals surface area contributed by atoms with Gasteiger partial charge in [-0.3, -0.25) is 4.79 Å². The van der Waals surface area contributed by atoms with E-state index in [0.29, 0.717) is 56.1 Å². The highest BCUT2D eigenvalue weighted by Gasteiger charge is 2.21. The third kappa shape index (κ3) is 5.46. The topological polar surface area (TPSA) is 115 Å². The lowest BCUT2D eigenvalue weighted by Gasteiger charge is -2.18. The zero-order valence-corrected chi connectivity index (χ0v) is 23.1. The Morgan fingerprint density at radius 1 is 0.951 bits per heavy atom. The molecule has 9 nitrogen and oxygen atoms in total. The third-order valence-electron chi connectivity index (χ3n) is 6.97. The van der Waals surface area contributed by atoms with Crippen molar-refractivity contribution in [2.75, 3.05) is 35.0 Å². The molecule has 3 N–H and O–H groups in total. The number of nitrogens with one attached hydrogen (secondary N) is 2. The van der Waals surface area contributed by atoms with Gasteiger partial charge >= 0.3 is 0 Å². The maximum absolute atomic E-state index is 13.9. The van der Waals surface area contributed by atoms with E-state index in [1.165, 1.54) is 33.5 Å². The number of H-pyrrole nitrogens is 1. The molecule has 0 aliphatic carbocycles. The number of methoxy groups -OCH3 is 4. The molecule has 10 heteroatoms. The minimum absolute atomic E-state index is 0.289. The molecule has 1 amide bonds. The summed E-state index contributed by atoms with van der Waals surface area (Å²) in [5.74, 6) is 1.11. The Labute approximate surface area is 235 Å². The van der Waals surface area contributed by atoms with Crippen LogP contribution in [0, 0.1) is 5.82 Å². The van der Waals surface area contributed by atoms with Crippen molar-refractivity contribution in [1.29, 1.82) is 0 Å². The Balaban J connectivity index is 1.55. The van der Waals surface area contributed by atoms with Gasteiger partial charge in [-0.25, -0.2) is 9.37 Å². The number of carbonyl (C=O) groups excluding carboxylic acids is 1. The summed E-state index contributed by atoms with van der Waals surface area (Å²) in [6.07, 6.45) is 2.05. The number of amides is 1. The lowest BCUT2D eigenvalue weighted by molar-refractivity contribution is 0.0918. The van der Waals surface area contributed by atoms with Crippen molar-refractivity contribution in [3.8, 4) is 34.3 Å². The Kier molecular flexibility index (Phi) is 7.93. The van der Waals surface area contributed by atoms with E-state index in [1.807, 2.05) is 0 Å². The van der Waals surface area contributed by atoms with Crippen LogP contribution in [0.4, 0.5) is 4.39 Å². The molecule has 0 aliphatic heterocycles. The van der Waals surface area contributed by atoms with Crippen molar-refractivity contribution in [3.63, 3.8) is 0 Å². The summed E-state index contributed by atoms with van der Waals surface area (Å²) >= 11 is 0. The number of aliphatic hydroxyl groups is 1. The van der Waals surface area contributed by atoms with Crippen molar-refractivity contribution in [2.45, 2.75) is 12.5 Å². The van der Waals surface area contributed by atoms with E-state index in [0.717, 1.165) is 11.1 Å². The molecule has 2 heterocycles. The summed E-state index contributed by atoms with van der Waals surface area (Å²) in [6, 6.07) is 14.3. The molecule has 0 bridgehead atoms. The number of nitrogens with zero attached hydrogens (tertiary/aromatic N) is 1. The van der Waals surface area contributed by atoms with Gasteiger partial charge in [-0.15, -0.1) is 0 Å². The van der Waals surface area contributed by atoms with E-state index in [2.05, 4.69) is 10.3 Å². The van der Waals surface area contributed by atoms with Crippen molar-refractivity contribution < 1.29 is 33.2 Å². The van der Waals surface area contributed by atoms with E-state index >= 15 is 0 Å². The second-order valence-electron chi connectivity index (χ2n) is 9.41. The standard InChI is InChI=1S/C31H30FN3O6/c1-38-21-6-8-26-23(13-21)24(14-27(35-26)17-10-28(39-2)30(41-4)29(11-17)40-3)31(37)34-20(16-36)9-18-15-33-25-7-5-19(32)12-22(18)25/h5-8,10-15,20,33,36H,9,16H2,1-4H3,(H,34,37). The molecule has 2 aromatic heterocycles. The highest BCUT2D eigenvalue weighted by atomic mass is 19.1. The summed E-state index contributed by atoms with van der Waals surface area (Å²) in [5, 5.41) is 14.4. The molecule has 5 rings (SSSR count). The van der Waals surface area contributed by atoms with Gasteiger partial charge in [0.05, 0.1) is 57.9 Å². The summed E-state index contributed by atoms with van der Waals surface area (Å²) in [7, 11) is 6.12. The maximum atomic E-state index is 13.9. The number of rotatable bonds is 10. The van der Waals surface area contributed by atoms with Crippen LogP contribution in [0.25, 0.3) is 33.1 Å².